The van der Waals surface area contributed by atoms with Crippen molar-refractivity contribution in [1.29, 1.82) is 0 Å². The molecule has 3 N–H and O–H groups in total. The molecule has 0 saturated heterocycles. The van der Waals surface area contributed by atoms with Crippen LogP contribution in [0.5, 0.6) is 0 Å². The van der Waals surface area contributed by atoms with E-state index in [1.165, 1.54) is 12.3 Å². The first-order chi connectivity index (χ1) is 9.69. The van der Waals surface area contributed by atoms with E-state index in [4.69, 9.17) is 5.14 Å². The minimum absolute atomic E-state index is 0.0282. The second-order valence-electron chi connectivity index (χ2n) is 6.09. The molecule has 0 bridgehead atoms. The monoisotopic (exact) mass is 313 g/mol. The predicted octanol–water partition coefficient (Wildman–Crippen LogP) is 1.32. The number of nitrogens with zero attached hydrogens (tertiary/aromatic N) is 1. The number of hydrogen-bond donors (Lipinski definition) is 2. The van der Waals surface area contributed by atoms with Crippen molar-refractivity contribution in [3.05, 3.63) is 18.0 Å². The number of carbonyl (C=O) groups is 1. The highest BCUT2D eigenvalue weighted by molar-refractivity contribution is 7.89. The Hall–Kier alpha value is -1.34. The number of rotatable bonds is 6. The molecule has 0 unspecified atom stereocenters. The van der Waals surface area contributed by atoms with E-state index in [9.17, 15) is 13.2 Å². The van der Waals surface area contributed by atoms with Crippen LogP contribution in [-0.4, -0.2) is 25.4 Å². The lowest BCUT2D eigenvalue weighted by atomic mass is 9.92. The predicted molar refractivity (Wildman–Crippen MR) is 80.3 cm³/mol. The number of hydrogen-bond acceptors (Lipinski definition) is 3. The highest BCUT2D eigenvalue weighted by atomic mass is 32.2. The van der Waals surface area contributed by atoms with Crippen molar-refractivity contribution in [2.24, 2.45) is 16.5 Å². The third kappa shape index (κ3) is 3.29. The second-order valence-corrected chi connectivity index (χ2v) is 7.65. The van der Waals surface area contributed by atoms with Crippen molar-refractivity contribution in [2.45, 2.75) is 45.1 Å². The summed E-state index contributed by atoms with van der Waals surface area (Å²) >= 11 is 0. The lowest BCUT2D eigenvalue weighted by Crippen LogP contribution is -2.33. The van der Waals surface area contributed by atoms with Gasteiger partial charge in [0.15, 0.2) is 0 Å². The number of nitrogens with one attached hydrogen (secondary N) is 1. The maximum atomic E-state index is 12.3. The first kappa shape index (κ1) is 16.0. The summed E-state index contributed by atoms with van der Waals surface area (Å²) in [6.07, 6.45) is 3.66. The molecule has 1 aliphatic carbocycles. The molecule has 0 spiro atoms. The van der Waals surface area contributed by atoms with Gasteiger partial charge in [-0.15, -0.1) is 0 Å². The van der Waals surface area contributed by atoms with Crippen LogP contribution >= 0.6 is 0 Å². The molecule has 1 amide bonds. The van der Waals surface area contributed by atoms with Gasteiger partial charge in [0.1, 0.15) is 10.6 Å². The van der Waals surface area contributed by atoms with Gasteiger partial charge >= 0.3 is 0 Å². The Balaban J connectivity index is 2.14. The van der Waals surface area contributed by atoms with Crippen molar-refractivity contribution >= 4 is 15.9 Å². The van der Waals surface area contributed by atoms with Gasteiger partial charge in [0, 0.05) is 19.3 Å². The molecule has 0 aliphatic heterocycles. The molecule has 7 heteroatoms. The third-order valence-electron chi connectivity index (χ3n) is 4.49. The van der Waals surface area contributed by atoms with Gasteiger partial charge in [0.2, 0.25) is 10.0 Å². The largest absolute Gasteiger partial charge is 0.350 e. The van der Waals surface area contributed by atoms with E-state index in [2.05, 4.69) is 19.2 Å². The molecule has 1 aromatic heterocycles. The minimum Gasteiger partial charge on any atom is -0.350 e. The summed E-state index contributed by atoms with van der Waals surface area (Å²) in [5.41, 5.74) is 0.545. The number of sulfonamides is 1. The Labute approximate surface area is 125 Å². The standard InChI is InChI=1S/C14H23N3O3S/c1-4-17-8-11(21(15,19)20)7-12(17)13(18)16-9-14(5-6-14)10(2)3/h7-8,10H,4-6,9H2,1-3H3,(H,16,18)(H2,15,19,20). The number of amides is 1. The molecule has 2 rings (SSSR count). The summed E-state index contributed by atoms with van der Waals surface area (Å²) in [6.45, 7) is 7.30. The van der Waals surface area contributed by atoms with Gasteiger partial charge in [0.25, 0.3) is 5.91 Å². The molecule has 21 heavy (non-hydrogen) atoms. The quantitative estimate of drug-likeness (QED) is 0.829. The van der Waals surface area contributed by atoms with Crippen molar-refractivity contribution < 1.29 is 13.2 Å². The van der Waals surface area contributed by atoms with E-state index in [0.29, 0.717) is 24.7 Å². The van der Waals surface area contributed by atoms with Gasteiger partial charge in [-0.2, -0.15) is 0 Å². The highest BCUT2D eigenvalue weighted by Crippen LogP contribution is 2.51. The molecule has 118 valence electrons. The third-order valence-corrected chi connectivity index (χ3v) is 5.37. The van der Waals surface area contributed by atoms with E-state index in [1.807, 2.05) is 6.92 Å². The van der Waals surface area contributed by atoms with Gasteiger partial charge in [-0.1, -0.05) is 13.8 Å². The fraction of sp³-hybridized carbons (Fsp3) is 0.643. The normalized spacial score (nSPS) is 17.0. The second kappa shape index (κ2) is 5.46. The molecule has 1 aliphatic rings. The molecule has 6 nitrogen and oxygen atoms in total. The molecule has 0 radical (unpaired) electrons. The SMILES string of the molecule is CCn1cc(S(N)(=O)=O)cc1C(=O)NCC1(C(C)C)CC1. The summed E-state index contributed by atoms with van der Waals surface area (Å²) in [5.74, 6) is 0.273. The summed E-state index contributed by atoms with van der Waals surface area (Å²) in [5, 5.41) is 8.04. The van der Waals surface area contributed by atoms with Crippen molar-refractivity contribution in [3.8, 4) is 0 Å². The van der Waals surface area contributed by atoms with E-state index < -0.39 is 10.0 Å². The Morgan fingerprint density at radius 2 is 2.10 bits per heavy atom. The number of aryl methyl sites for hydroxylation is 1. The fourth-order valence-electron chi connectivity index (χ4n) is 2.56. The first-order valence-corrected chi connectivity index (χ1v) is 8.75. The van der Waals surface area contributed by atoms with Crippen LogP contribution in [-0.2, 0) is 16.6 Å². The van der Waals surface area contributed by atoms with Crippen LogP contribution in [0.3, 0.4) is 0 Å². The van der Waals surface area contributed by atoms with Crippen molar-refractivity contribution in [1.82, 2.24) is 9.88 Å². The molecule has 1 saturated carbocycles. The summed E-state index contributed by atoms with van der Waals surface area (Å²) in [7, 11) is -3.79. The number of primary sulfonamides is 1. The smallest absolute Gasteiger partial charge is 0.267 e. The summed E-state index contributed by atoms with van der Waals surface area (Å²) in [6, 6.07) is 1.34. The van der Waals surface area contributed by atoms with Crippen LogP contribution in [0.4, 0.5) is 0 Å². The van der Waals surface area contributed by atoms with Gasteiger partial charge < -0.3 is 9.88 Å². The van der Waals surface area contributed by atoms with Crippen LogP contribution in [0.25, 0.3) is 0 Å². The molecule has 0 atom stereocenters. The van der Waals surface area contributed by atoms with Crippen molar-refractivity contribution in [3.63, 3.8) is 0 Å². The maximum absolute atomic E-state index is 12.3. The first-order valence-electron chi connectivity index (χ1n) is 7.21. The van der Waals surface area contributed by atoms with Gasteiger partial charge in [-0.3, -0.25) is 4.79 Å². The van der Waals surface area contributed by atoms with E-state index in [1.54, 1.807) is 4.57 Å². The summed E-state index contributed by atoms with van der Waals surface area (Å²) in [4.78, 5) is 12.3. The highest BCUT2D eigenvalue weighted by Gasteiger charge is 2.45. The topological polar surface area (TPSA) is 94.2 Å². The number of aromatic nitrogens is 1. The molecule has 1 aromatic rings. The van der Waals surface area contributed by atoms with Gasteiger partial charge in [0.05, 0.1) is 0 Å². The lowest BCUT2D eigenvalue weighted by molar-refractivity contribution is 0.0930. The number of carbonyl (C=O) groups excluding carboxylic acids is 1. The zero-order chi connectivity index (χ0) is 15.8. The molecular formula is C14H23N3O3S. The Kier molecular flexibility index (Phi) is 4.17. The molecule has 1 heterocycles. The van der Waals surface area contributed by atoms with Crippen LogP contribution in [0.15, 0.2) is 17.2 Å². The molecule has 1 fully saturated rings. The maximum Gasteiger partial charge on any atom is 0.267 e. The van der Waals surface area contributed by atoms with E-state index >= 15 is 0 Å². The average Bonchev–Trinajstić information content (AvgIpc) is 3.05. The van der Waals surface area contributed by atoms with Gasteiger partial charge in [-0.25, -0.2) is 13.6 Å². The summed E-state index contributed by atoms with van der Waals surface area (Å²) < 4.78 is 24.4. The Morgan fingerprint density at radius 3 is 2.52 bits per heavy atom. The van der Waals surface area contributed by atoms with E-state index in [-0.39, 0.29) is 16.2 Å². The zero-order valence-electron chi connectivity index (χ0n) is 12.7. The average molecular weight is 313 g/mol. The van der Waals surface area contributed by atoms with Gasteiger partial charge in [-0.05, 0) is 37.2 Å². The Morgan fingerprint density at radius 1 is 1.48 bits per heavy atom. The molecule has 0 aromatic carbocycles. The zero-order valence-corrected chi connectivity index (χ0v) is 13.5. The molecular weight excluding hydrogens is 290 g/mol. The van der Waals surface area contributed by atoms with Crippen LogP contribution in [0.2, 0.25) is 0 Å². The lowest BCUT2D eigenvalue weighted by Gasteiger charge is -2.20. The number of nitrogens with two attached hydrogens (primary N) is 1. The fourth-order valence-corrected chi connectivity index (χ4v) is 3.11. The van der Waals surface area contributed by atoms with E-state index in [0.717, 1.165) is 12.8 Å². The van der Waals surface area contributed by atoms with Crippen LogP contribution in [0, 0.1) is 11.3 Å². The Bertz CT molecular complexity index is 642. The minimum atomic E-state index is -3.79. The van der Waals surface area contributed by atoms with Crippen LogP contribution < -0.4 is 10.5 Å². The van der Waals surface area contributed by atoms with Crippen molar-refractivity contribution in [2.75, 3.05) is 6.54 Å². The van der Waals surface area contributed by atoms with Crippen LogP contribution in [0.1, 0.15) is 44.1 Å².